The molecule has 0 aliphatic heterocycles. The molecule has 0 fully saturated rings. The number of anilines is 2. The molecule has 2 aromatic carbocycles. The molecule has 0 saturated carbocycles. The van der Waals surface area contributed by atoms with E-state index in [9.17, 15) is 9.18 Å². The van der Waals surface area contributed by atoms with E-state index in [1.54, 1.807) is 0 Å². The third kappa shape index (κ3) is 3.15. The Morgan fingerprint density at radius 2 is 1.86 bits per heavy atom. The van der Waals surface area contributed by atoms with E-state index in [0.29, 0.717) is 11.4 Å². The third-order valence-corrected chi connectivity index (χ3v) is 3.28. The van der Waals surface area contributed by atoms with Crippen LogP contribution in [-0.2, 0) is 0 Å². The van der Waals surface area contributed by atoms with Gasteiger partial charge in [-0.1, -0.05) is 41.9 Å². The van der Waals surface area contributed by atoms with Crippen molar-refractivity contribution in [2.45, 2.75) is 0 Å². The van der Waals surface area contributed by atoms with Gasteiger partial charge in [0.1, 0.15) is 5.82 Å². The number of nitrogens with one attached hydrogen (secondary N) is 2. The van der Waals surface area contributed by atoms with Crippen LogP contribution >= 0.6 is 11.6 Å². The maximum atomic E-state index is 13.2. The second-order valence-corrected chi connectivity index (χ2v) is 5.01. The number of hydrogen-bond donors (Lipinski definition) is 2. The van der Waals surface area contributed by atoms with Crippen molar-refractivity contribution >= 4 is 23.2 Å². The number of H-pyrrole nitrogens is 1. The minimum atomic E-state index is -0.508. The first-order valence-electron chi connectivity index (χ1n) is 6.51. The van der Waals surface area contributed by atoms with Gasteiger partial charge in [-0.2, -0.15) is 0 Å². The summed E-state index contributed by atoms with van der Waals surface area (Å²) in [5.41, 5.74) is 1.61. The van der Waals surface area contributed by atoms with Crippen LogP contribution in [0.3, 0.4) is 0 Å². The van der Waals surface area contributed by atoms with E-state index in [2.05, 4.69) is 15.3 Å². The predicted octanol–water partition coefficient (Wildman–Crippen LogP) is 3.97. The van der Waals surface area contributed by atoms with E-state index in [1.165, 1.54) is 24.3 Å². The second kappa shape index (κ2) is 5.99. The lowest BCUT2D eigenvalue weighted by atomic mass is 10.1. The molecular formula is C16H11ClFN3O. The molecule has 0 amide bonds. The number of halogens is 2. The number of rotatable bonds is 3. The highest BCUT2D eigenvalue weighted by Gasteiger charge is 2.06. The van der Waals surface area contributed by atoms with Gasteiger partial charge in [0.25, 0.3) is 5.56 Å². The van der Waals surface area contributed by atoms with E-state index < -0.39 is 5.82 Å². The predicted molar refractivity (Wildman–Crippen MR) is 85.0 cm³/mol. The lowest BCUT2D eigenvalue weighted by Crippen LogP contribution is -2.10. The normalized spacial score (nSPS) is 10.5. The number of nitrogens with zero attached hydrogens (tertiary/aromatic N) is 1. The highest BCUT2D eigenvalue weighted by molar-refractivity contribution is 6.31. The molecule has 2 N–H and O–H groups in total. The monoisotopic (exact) mass is 315 g/mol. The Balaban J connectivity index is 1.96. The molecule has 0 bridgehead atoms. The largest absolute Gasteiger partial charge is 0.326 e. The van der Waals surface area contributed by atoms with E-state index in [4.69, 9.17) is 11.6 Å². The summed E-state index contributed by atoms with van der Waals surface area (Å²) < 4.78 is 13.2. The molecule has 3 rings (SSSR count). The molecule has 22 heavy (non-hydrogen) atoms. The van der Waals surface area contributed by atoms with Crippen LogP contribution in [0.4, 0.5) is 16.0 Å². The van der Waals surface area contributed by atoms with Crippen molar-refractivity contribution < 1.29 is 4.39 Å². The van der Waals surface area contributed by atoms with Crippen LogP contribution in [0.5, 0.6) is 0 Å². The Bertz CT molecular complexity index is 865. The Kier molecular flexibility index (Phi) is 3.89. The molecule has 0 unspecified atom stereocenters. The first kappa shape index (κ1) is 14.3. The molecule has 3 aromatic rings. The SMILES string of the molecule is O=c1cc(-c2ccccc2)nc(Nc2ccc(F)c(Cl)c2)[nH]1. The minimum Gasteiger partial charge on any atom is -0.326 e. The van der Waals surface area contributed by atoms with Gasteiger partial charge in [-0.25, -0.2) is 9.37 Å². The van der Waals surface area contributed by atoms with Gasteiger partial charge >= 0.3 is 0 Å². The highest BCUT2D eigenvalue weighted by atomic mass is 35.5. The summed E-state index contributed by atoms with van der Waals surface area (Å²) in [6, 6.07) is 14.9. The molecule has 0 aliphatic rings. The lowest BCUT2D eigenvalue weighted by Gasteiger charge is -2.08. The van der Waals surface area contributed by atoms with Crippen molar-refractivity contribution in [3.8, 4) is 11.3 Å². The standard InChI is InChI=1S/C16H11ClFN3O/c17-12-8-11(6-7-13(12)18)19-16-20-14(9-15(22)21-16)10-4-2-1-3-5-10/h1-9H,(H2,19,20,21,22). The molecule has 1 aromatic heterocycles. The van der Waals surface area contributed by atoms with Crippen molar-refractivity contribution in [3.63, 3.8) is 0 Å². The van der Waals surface area contributed by atoms with Crippen LogP contribution in [0.25, 0.3) is 11.3 Å². The quantitative estimate of drug-likeness (QED) is 0.769. The summed E-state index contributed by atoms with van der Waals surface area (Å²) in [6.07, 6.45) is 0. The van der Waals surface area contributed by atoms with Crippen LogP contribution in [-0.4, -0.2) is 9.97 Å². The molecule has 0 radical (unpaired) electrons. The first-order valence-corrected chi connectivity index (χ1v) is 6.88. The first-order chi connectivity index (χ1) is 10.6. The smallest absolute Gasteiger partial charge is 0.252 e. The summed E-state index contributed by atoms with van der Waals surface area (Å²) in [7, 11) is 0. The van der Waals surface area contributed by atoms with Crippen molar-refractivity contribution in [2.75, 3.05) is 5.32 Å². The molecule has 1 heterocycles. The molecule has 0 spiro atoms. The molecule has 0 atom stereocenters. The van der Waals surface area contributed by atoms with Crippen LogP contribution < -0.4 is 10.9 Å². The highest BCUT2D eigenvalue weighted by Crippen LogP contribution is 2.22. The van der Waals surface area contributed by atoms with Gasteiger partial charge in [0.2, 0.25) is 5.95 Å². The average molecular weight is 316 g/mol. The maximum Gasteiger partial charge on any atom is 0.252 e. The summed E-state index contributed by atoms with van der Waals surface area (Å²) in [5, 5.41) is 2.90. The van der Waals surface area contributed by atoms with Crippen LogP contribution in [0.1, 0.15) is 0 Å². The van der Waals surface area contributed by atoms with E-state index >= 15 is 0 Å². The summed E-state index contributed by atoms with van der Waals surface area (Å²) >= 11 is 5.73. The molecular weight excluding hydrogens is 305 g/mol. The van der Waals surface area contributed by atoms with Gasteiger partial charge in [0, 0.05) is 17.3 Å². The Morgan fingerprint density at radius 3 is 2.59 bits per heavy atom. The minimum absolute atomic E-state index is 0.00781. The van der Waals surface area contributed by atoms with Crippen LogP contribution in [0.2, 0.25) is 5.02 Å². The molecule has 0 aliphatic carbocycles. The van der Waals surface area contributed by atoms with Gasteiger partial charge in [-0.3, -0.25) is 9.78 Å². The lowest BCUT2D eigenvalue weighted by molar-refractivity contribution is 0.628. The summed E-state index contributed by atoms with van der Waals surface area (Å²) in [4.78, 5) is 18.7. The Morgan fingerprint density at radius 1 is 1.09 bits per heavy atom. The van der Waals surface area contributed by atoms with Gasteiger partial charge in [0.15, 0.2) is 0 Å². The summed E-state index contributed by atoms with van der Waals surface area (Å²) in [6.45, 7) is 0. The Labute approximate surface area is 130 Å². The molecule has 110 valence electrons. The van der Waals surface area contributed by atoms with Crippen LogP contribution in [0.15, 0.2) is 59.4 Å². The van der Waals surface area contributed by atoms with Gasteiger partial charge < -0.3 is 5.32 Å². The zero-order chi connectivity index (χ0) is 15.5. The fourth-order valence-electron chi connectivity index (χ4n) is 1.98. The molecule has 0 saturated heterocycles. The number of hydrogen-bond acceptors (Lipinski definition) is 3. The fraction of sp³-hybridized carbons (Fsp3) is 0. The zero-order valence-electron chi connectivity index (χ0n) is 11.3. The van der Waals surface area contributed by atoms with Gasteiger partial charge in [-0.05, 0) is 18.2 Å². The zero-order valence-corrected chi connectivity index (χ0v) is 12.1. The van der Waals surface area contributed by atoms with Crippen molar-refractivity contribution in [1.29, 1.82) is 0 Å². The van der Waals surface area contributed by atoms with E-state index in [1.807, 2.05) is 30.3 Å². The van der Waals surface area contributed by atoms with Crippen LogP contribution in [0, 0.1) is 5.82 Å². The number of aromatic nitrogens is 2. The van der Waals surface area contributed by atoms with Crippen molar-refractivity contribution in [3.05, 3.63) is 75.8 Å². The van der Waals surface area contributed by atoms with Gasteiger partial charge in [-0.15, -0.1) is 0 Å². The average Bonchev–Trinajstić information content (AvgIpc) is 2.51. The number of aromatic amines is 1. The molecule has 4 nitrogen and oxygen atoms in total. The fourth-order valence-corrected chi connectivity index (χ4v) is 2.16. The van der Waals surface area contributed by atoms with Crippen molar-refractivity contribution in [2.24, 2.45) is 0 Å². The Hall–Kier alpha value is -2.66. The van der Waals surface area contributed by atoms with E-state index in [-0.39, 0.29) is 16.5 Å². The van der Waals surface area contributed by atoms with Gasteiger partial charge in [0.05, 0.1) is 10.7 Å². The second-order valence-electron chi connectivity index (χ2n) is 4.60. The van der Waals surface area contributed by atoms with E-state index in [0.717, 1.165) is 5.56 Å². The maximum absolute atomic E-state index is 13.2. The molecule has 6 heteroatoms. The van der Waals surface area contributed by atoms with Crippen molar-refractivity contribution in [1.82, 2.24) is 9.97 Å². The summed E-state index contributed by atoms with van der Waals surface area (Å²) in [5.74, 6) is -0.249. The third-order valence-electron chi connectivity index (χ3n) is 2.99. The topological polar surface area (TPSA) is 57.8 Å². The number of benzene rings is 2.